The van der Waals surface area contributed by atoms with Gasteiger partial charge in [0, 0.05) is 17.3 Å². The molecule has 0 saturated heterocycles. The first-order chi connectivity index (χ1) is 8.13. The number of hydrogen-bond acceptors (Lipinski definition) is 1. The van der Waals surface area contributed by atoms with Crippen molar-refractivity contribution in [3.63, 3.8) is 0 Å². The number of benzene rings is 1. The largest absolute Gasteiger partial charge is 0.350 e. The Hall–Kier alpha value is -0.730. The Kier molecular flexibility index (Phi) is 6.38. The molecule has 1 amide bonds. The molecular formula is C13H17Cl2NO. The molecule has 17 heavy (non-hydrogen) atoms. The van der Waals surface area contributed by atoms with Crippen LogP contribution in [0.5, 0.6) is 0 Å². The number of unbranched alkanes of at least 4 members (excludes halogenated alkanes) is 1. The molecule has 0 bridgehead atoms. The van der Waals surface area contributed by atoms with Crippen LogP contribution in [0.15, 0.2) is 24.3 Å². The molecule has 1 atom stereocenters. The normalized spacial score (nSPS) is 12.2. The number of carbonyl (C=O) groups is 1. The van der Waals surface area contributed by atoms with Gasteiger partial charge in [0.05, 0.1) is 6.04 Å². The summed E-state index contributed by atoms with van der Waals surface area (Å²) in [6, 6.07) is 7.51. The topological polar surface area (TPSA) is 29.1 Å². The Bertz CT molecular complexity index is 351. The number of hydrogen-bond donors (Lipinski definition) is 1. The molecule has 0 aromatic heterocycles. The molecule has 0 unspecified atom stereocenters. The average molecular weight is 274 g/mol. The molecule has 1 aromatic rings. The minimum atomic E-state index is 0.00997. The Morgan fingerprint density at radius 1 is 1.29 bits per heavy atom. The summed E-state index contributed by atoms with van der Waals surface area (Å²) in [5, 5.41) is 3.65. The second-order valence-electron chi connectivity index (χ2n) is 3.99. The molecule has 0 aliphatic carbocycles. The van der Waals surface area contributed by atoms with Gasteiger partial charge >= 0.3 is 0 Å². The summed E-state index contributed by atoms with van der Waals surface area (Å²) in [7, 11) is 0. The van der Waals surface area contributed by atoms with Crippen LogP contribution in [-0.2, 0) is 4.79 Å². The fourth-order valence-electron chi connectivity index (χ4n) is 1.53. The van der Waals surface area contributed by atoms with E-state index in [-0.39, 0.29) is 11.9 Å². The third-order valence-electron chi connectivity index (χ3n) is 2.53. The maximum atomic E-state index is 11.6. The van der Waals surface area contributed by atoms with Crippen molar-refractivity contribution < 1.29 is 4.79 Å². The lowest BCUT2D eigenvalue weighted by Crippen LogP contribution is -2.26. The van der Waals surface area contributed by atoms with Crippen molar-refractivity contribution >= 4 is 29.1 Å². The predicted octanol–water partition coefficient (Wildman–Crippen LogP) is 3.93. The highest BCUT2D eigenvalue weighted by Crippen LogP contribution is 2.16. The third-order valence-corrected chi connectivity index (χ3v) is 3.05. The SMILES string of the molecule is C[C@H](NC(=O)CCCCCl)c1ccc(Cl)cc1. The van der Waals surface area contributed by atoms with Gasteiger partial charge < -0.3 is 5.32 Å². The number of alkyl halides is 1. The van der Waals surface area contributed by atoms with Crippen LogP contribution >= 0.6 is 23.2 Å². The van der Waals surface area contributed by atoms with Crippen LogP contribution in [0, 0.1) is 0 Å². The van der Waals surface area contributed by atoms with Gasteiger partial charge in [0.15, 0.2) is 0 Å². The van der Waals surface area contributed by atoms with Gasteiger partial charge in [0.2, 0.25) is 5.91 Å². The van der Waals surface area contributed by atoms with Crippen molar-refractivity contribution in [1.82, 2.24) is 5.32 Å². The van der Waals surface area contributed by atoms with Gasteiger partial charge in [0.1, 0.15) is 0 Å². The van der Waals surface area contributed by atoms with E-state index in [2.05, 4.69) is 5.32 Å². The number of nitrogens with one attached hydrogen (secondary N) is 1. The van der Waals surface area contributed by atoms with E-state index >= 15 is 0 Å². The molecule has 0 fully saturated rings. The van der Waals surface area contributed by atoms with Crippen molar-refractivity contribution in [3.05, 3.63) is 34.9 Å². The number of halogens is 2. The van der Waals surface area contributed by atoms with Crippen molar-refractivity contribution in [2.45, 2.75) is 32.2 Å². The van der Waals surface area contributed by atoms with E-state index in [0.717, 1.165) is 18.4 Å². The maximum absolute atomic E-state index is 11.6. The van der Waals surface area contributed by atoms with Gasteiger partial charge in [-0.05, 0) is 37.5 Å². The summed E-state index contributed by atoms with van der Waals surface area (Å²) in [4.78, 5) is 11.6. The fourth-order valence-corrected chi connectivity index (χ4v) is 1.84. The lowest BCUT2D eigenvalue weighted by Gasteiger charge is -2.14. The monoisotopic (exact) mass is 273 g/mol. The average Bonchev–Trinajstić information content (AvgIpc) is 2.30. The molecule has 2 nitrogen and oxygen atoms in total. The minimum Gasteiger partial charge on any atom is -0.350 e. The van der Waals surface area contributed by atoms with Gasteiger partial charge in [-0.3, -0.25) is 4.79 Å². The van der Waals surface area contributed by atoms with Crippen molar-refractivity contribution in [1.29, 1.82) is 0 Å². The van der Waals surface area contributed by atoms with Gasteiger partial charge in [-0.1, -0.05) is 23.7 Å². The van der Waals surface area contributed by atoms with E-state index in [1.54, 1.807) is 0 Å². The van der Waals surface area contributed by atoms with Crippen LogP contribution in [0.4, 0.5) is 0 Å². The zero-order valence-corrected chi connectivity index (χ0v) is 11.4. The molecule has 94 valence electrons. The first-order valence-corrected chi connectivity index (χ1v) is 6.65. The van der Waals surface area contributed by atoms with Gasteiger partial charge in [-0.2, -0.15) is 0 Å². The molecule has 4 heteroatoms. The highest BCUT2D eigenvalue weighted by molar-refractivity contribution is 6.30. The van der Waals surface area contributed by atoms with E-state index in [1.165, 1.54) is 0 Å². The zero-order valence-electron chi connectivity index (χ0n) is 9.88. The predicted molar refractivity (Wildman–Crippen MR) is 72.6 cm³/mol. The standard InChI is InChI=1S/C13H17Cl2NO/c1-10(11-5-7-12(15)8-6-11)16-13(17)4-2-3-9-14/h5-8,10H,2-4,9H2,1H3,(H,16,17)/t10-/m0/s1. The van der Waals surface area contributed by atoms with Crippen LogP contribution in [-0.4, -0.2) is 11.8 Å². The molecule has 0 aliphatic rings. The summed E-state index contributed by atoms with van der Waals surface area (Å²) >= 11 is 11.4. The van der Waals surface area contributed by atoms with E-state index in [0.29, 0.717) is 17.3 Å². The van der Waals surface area contributed by atoms with E-state index in [4.69, 9.17) is 23.2 Å². The Morgan fingerprint density at radius 2 is 1.94 bits per heavy atom. The maximum Gasteiger partial charge on any atom is 0.220 e. The summed E-state index contributed by atoms with van der Waals surface area (Å²) in [6.45, 7) is 1.96. The second kappa shape index (κ2) is 7.57. The van der Waals surface area contributed by atoms with E-state index in [9.17, 15) is 4.79 Å². The van der Waals surface area contributed by atoms with Crippen molar-refractivity contribution in [3.8, 4) is 0 Å². The Morgan fingerprint density at radius 3 is 2.53 bits per heavy atom. The molecule has 0 radical (unpaired) electrons. The number of amides is 1. The van der Waals surface area contributed by atoms with Crippen LogP contribution in [0.25, 0.3) is 0 Å². The summed E-state index contributed by atoms with van der Waals surface area (Å²) in [5.74, 6) is 0.678. The van der Waals surface area contributed by atoms with Gasteiger partial charge in [-0.15, -0.1) is 11.6 Å². The van der Waals surface area contributed by atoms with E-state index in [1.807, 2.05) is 31.2 Å². The summed E-state index contributed by atoms with van der Waals surface area (Å²) < 4.78 is 0. The smallest absolute Gasteiger partial charge is 0.220 e. The third kappa shape index (κ3) is 5.42. The summed E-state index contributed by atoms with van der Waals surface area (Å²) in [5.41, 5.74) is 1.06. The lowest BCUT2D eigenvalue weighted by atomic mass is 10.1. The highest BCUT2D eigenvalue weighted by atomic mass is 35.5. The van der Waals surface area contributed by atoms with Crippen LogP contribution < -0.4 is 5.32 Å². The Labute approximate surface area is 112 Å². The number of carbonyl (C=O) groups excluding carboxylic acids is 1. The molecule has 0 aliphatic heterocycles. The zero-order chi connectivity index (χ0) is 12.7. The molecule has 1 aromatic carbocycles. The molecular weight excluding hydrogens is 257 g/mol. The van der Waals surface area contributed by atoms with Gasteiger partial charge in [0.25, 0.3) is 0 Å². The van der Waals surface area contributed by atoms with Gasteiger partial charge in [-0.25, -0.2) is 0 Å². The molecule has 1 rings (SSSR count). The molecule has 0 spiro atoms. The minimum absolute atomic E-state index is 0.00997. The molecule has 0 heterocycles. The lowest BCUT2D eigenvalue weighted by molar-refractivity contribution is -0.121. The fraction of sp³-hybridized carbons (Fsp3) is 0.462. The van der Waals surface area contributed by atoms with Crippen molar-refractivity contribution in [2.24, 2.45) is 0 Å². The first kappa shape index (κ1) is 14.3. The number of rotatable bonds is 6. The van der Waals surface area contributed by atoms with Crippen LogP contribution in [0.1, 0.15) is 37.8 Å². The van der Waals surface area contributed by atoms with Crippen molar-refractivity contribution in [2.75, 3.05) is 5.88 Å². The molecule has 0 saturated carbocycles. The quantitative estimate of drug-likeness (QED) is 0.618. The second-order valence-corrected chi connectivity index (χ2v) is 4.80. The molecule has 1 N–H and O–H groups in total. The first-order valence-electron chi connectivity index (χ1n) is 5.74. The highest BCUT2D eigenvalue weighted by Gasteiger charge is 2.08. The van der Waals surface area contributed by atoms with Crippen LogP contribution in [0.2, 0.25) is 5.02 Å². The van der Waals surface area contributed by atoms with E-state index < -0.39 is 0 Å². The Balaban J connectivity index is 2.40. The van der Waals surface area contributed by atoms with Crippen LogP contribution in [0.3, 0.4) is 0 Å². The summed E-state index contributed by atoms with van der Waals surface area (Å²) in [6.07, 6.45) is 2.25.